The van der Waals surface area contributed by atoms with Gasteiger partial charge < -0.3 is 5.11 Å². The van der Waals surface area contributed by atoms with Crippen LogP contribution in [0.4, 0.5) is 0 Å². The van der Waals surface area contributed by atoms with Gasteiger partial charge in [0.1, 0.15) is 0 Å². The number of hydrogen-bond donors (Lipinski definition) is 2. The topological polar surface area (TPSA) is 86.7 Å². The van der Waals surface area contributed by atoms with Gasteiger partial charge in [0, 0.05) is 26.1 Å². The van der Waals surface area contributed by atoms with Crippen molar-refractivity contribution in [3.05, 3.63) is 0 Å². The summed E-state index contributed by atoms with van der Waals surface area (Å²) in [5.74, 6) is -0.771. The van der Waals surface area contributed by atoms with Crippen LogP contribution in [0.1, 0.15) is 57.8 Å². The first kappa shape index (κ1) is 17.4. The fourth-order valence-electron chi connectivity index (χ4n) is 2.33. The normalized spacial score (nSPS) is 17.8. The van der Waals surface area contributed by atoms with Crippen LogP contribution in [0.25, 0.3) is 0 Å². The van der Waals surface area contributed by atoms with E-state index in [9.17, 15) is 13.2 Å². The van der Waals surface area contributed by atoms with Crippen LogP contribution in [0, 0.1) is 0 Å². The Kier molecular flexibility index (Phi) is 8.09. The average Bonchev–Trinajstić information content (AvgIpc) is 2.66. The zero-order valence-electron chi connectivity index (χ0n) is 12.0. The third-order valence-electron chi connectivity index (χ3n) is 3.51. The lowest BCUT2D eigenvalue weighted by Crippen LogP contribution is -2.41. The van der Waals surface area contributed by atoms with Gasteiger partial charge in [-0.3, -0.25) is 4.79 Å². The largest absolute Gasteiger partial charge is 0.481 e. The van der Waals surface area contributed by atoms with Gasteiger partial charge in [-0.2, -0.15) is 12.7 Å². The molecule has 0 bridgehead atoms. The van der Waals surface area contributed by atoms with E-state index in [1.54, 1.807) is 4.31 Å². The van der Waals surface area contributed by atoms with Crippen LogP contribution in [0.2, 0.25) is 0 Å². The fourth-order valence-corrected chi connectivity index (χ4v) is 3.65. The number of unbranched alkanes of at least 4 members (excludes halogenated alkanes) is 3. The Morgan fingerprint density at radius 1 is 1.00 bits per heavy atom. The van der Waals surface area contributed by atoms with E-state index < -0.39 is 16.2 Å². The molecular formula is C13H26N2O4S. The minimum absolute atomic E-state index is 0.194. The third kappa shape index (κ3) is 7.21. The lowest BCUT2D eigenvalue weighted by molar-refractivity contribution is -0.137. The SMILES string of the molecule is O=C(O)CCCCCCNS(=O)(=O)N1CCCCCC1. The Labute approximate surface area is 121 Å². The molecule has 1 aliphatic heterocycles. The van der Waals surface area contributed by atoms with E-state index in [0.717, 1.165) is 44.9 Å². The highest BCUT2D eigenvalue weighted by Gasteiger charge is 2.21. The van der Waals surface area contributed by atoms with E-state index in [2.05, 4.69) is 4.72 Å². The average molecular weight is 306 g/mol. The van der Waals surface area contributed by atoms with Crippen molar-refractivity contribution < 1.29 is 18.3 Å². The quantitative estimate of drug-likeness (QED) is 0.635. The molecule has 118 valence electrons. The van der Waals surface area contributed by atoms with Crippen molar-refractivity contribution in [3.63, 3.8) is 0 Å². The molecule has 0 aliphatic carbocycles. The van der Waals surface area contributed by atoms with E-state index in [1.807, 2.05) is 0 Å². The zero-order valence-corrected chi connectivity index (χ0v) is 12.8. The van der Waals surface area contributed by atoms with Crippen LogP contribution < -0.4 is 4.72 Å². The highest BCUT2D eigenvalue weighted by atomic mass is 32.2. The molecule has 0 radical (unpaired) electrons. The summed E-state index contributed by atoms with van der Waals surface area (Å²) in [7, 11) is -3.32. The number of aliphatic carboxylic acids is 1. The first-order valence-corrected chi connectivity index (χ1v) is 8.93. The number of nitrogens with zero attached hydrogens (tertiary/aromatic N) is 1. The van der Waals surface area contributed by atoms with Crippen molar-refractivity contribution in [3.8, 4) is 0 Å². The number of hydrogen-bond acceptors (Lipinski definition) is 3. The summed E-state index contributed by atoms with van der Waals surface area (Å²) in [6, 6.07) is 0. The molecule has 7 heteroatoms. The second-order valence-electron chi connectivity index (χ2n) is 5.27. The van der Waals surface area contributed by atoms with E-state index in [-0.39, 0.29) is 6.42 Å². The maximum Gasteiger partial charge on any atom is 0.303 e. The second-order valence-corrected chi connectivity index (χ2v) is 7.03. The molecule has 6 nitrogen and oxygen atoms in total. The number of carbonyl (C=O) groups is 1. The molecule has 20 heavy (non-hydrogen) atoms. The smallest absolute Gasteiger partial charge is 0.303 e. The molecule has 1 aliphatic rings. The van der Waals surface area contributed by atoms with Crippen LogP contribution in [0.3, 0.4) is 0 Å². The molecule has 0 spiro atoms. The molecule has 0 aromatic carbocycles. The number of rotatable bonds is 9. The van der Waals surface area contributed by atoms with Crippen molar-refractivity contribution in [1.82, 2.24) is 9.03 Å². The summed E-state index contributed by atoms with van der Waals surface area (Å²) in [5.41, 5.74) is 0. The molecule has 2 N–H and O–H groups in total. The molecule has 0 aromatic rings. The summed E-state index contributed by atoms with van der Waals surface area (Å²) in [6.07, 6.45) is 7.39. The van der Waals surface area contributed by atoms with Gasteiger partial charge in [0.25, 0.3) is 10.2 Å². The van der Waals surface area contributed by atoms with Gasteiger partial charge in [0.05, 0.1) is 0 Å². The Bertz CT molecular complexity index is 376. The highest BCUT2D eigenvalue weighted by Crippen LogP contribution is 2.12. The molecule has 0 amide bonds. The van der Waals surface area contributed by atoms with Gasteiger partial charge in [-0.25, -0.2) is 4.72 Å². The molecule has 1 saturated heterocycles. The highest BCUT2D eigenvalue weighted by molar-refractivity contribution is 7.87. The van der Waals surface area contributed by atoms with E-state index in [1.165, 1.54) is 0 Å². The van der Waals surface area contributed by atoms with Crippen LogP contribution in [-0.4, -0.2) is 43.4 Å². The molecule has 0 unspecified atom stereocenters. The maximum atomic E-state index is 12.1. The molecule has 1 heterocycles. The van der Waals surface area contributed by atoms with Gasteiger partial charge in [-0.15, -0.1) is 0 Å². The molecule has 0 saturated carbocycles. The van der Waals surface area contributed by atoms with Crippen molar-refractivity contribution in [2.75, 3.05) is 19.6 Å². The lowest BCUT2D eigenvalue weighted by Gasteiger charge is -2.20. The number of nitrogens with one attached hydrogen (secondary N) is 1. The van der Waals surface area contributed by atoms with Gasteiger partial charge >= 0.3 is 5.97 Å². The predicted octanol–water partition coefficient (Wildman–Crippen LogP) is 1.73. The van der Waals surface area contributed by atoms with Crippen molar-refractivity contribution in [1.29, 1.82) is 0 Å². The van der Waals surface area contributed by atoms with Crippen LogP contribution in [-0.2, 0) is 15.0 Å². The second kappa shape index (κ2) is 9.31. The Balaban J connectivity index is 2.14. The standard InChI is InChI=1S/C13H26N2O4S/c16-13(17)9-5-1-2-6-10-14-20(18,19)15-11-7-3-4-8-12-15/h14H,1-12H2,(H,16,17). The monoisotopic (exact) mass is 306 g/mol. The Morgan fingerprint density at radius 3 is 2.20 bits per heavy atom. The molecular weight excluding hydrogens is 280 g/mol. The zero-order chi connectivity index (χ0) is 14.8. The Morgan fingerprint density at radius 2 is 1.60 bits per heavy atom. The van der Waals surface area contributed by atoms with E-state index >= 15 is 0 Å². The van der Waals surface area contributed by atoms with Crippen molar-refractivity contribution in [2.45, 2.75) is 57.8 Å². The third-order valence-corrected chi connectivity index (χ3v) is 5.12. The summed E-state index contributed by atoms with van der Waals surface area (Å²) in [4.78, 5) is 10.3. The van der Waals surface area contributed by atoms with Crippen LogP contribution >= 0.6 is 0 Å². The first-order valence-electron chi connectivity index (χ1n) is 7.49. The number of carboxylic acid groups (broad SMARTS) is 1. The Hall–Kier alpha value is -0.660. The van der Waals surface area contributed by atoms with Gasteiger partial charge in [-0.05, 0) is 25.7 Å². The molecule has 0 atom stereocenters. The maximum absolute atomic E-state index is 12.1. The van der Waals surface area contributed by atoms with Crippen LogP contribution in [0.5, 0.6) is 0 Å². The van der Waals surface area contributed by atoms with Crippen molar-refractivity contribution >= 4 is 16.2 Å². The summed E-state index contributed by atoms with van der Waals surface area (Å²) < 4.78 is 28.3. The molecule has 1 fully saturated rings. The lowest BCUT2D eigenvalue weighted by atomic mass is 10.1. The van der Waals surface area contributed by atoms with Gasteiger partial charge in [0.15, 0.2) is 0 Å². The van der Waals surface area contributed by atoms with Gasteiger partial charge in [0.2, 0.25) is 0 Å². The van der Waals surface area contributed by atoms with E-state index in [4.69, 9.17) is 5.11 Å². The van der Waals surface area contributed by atoms with Crippen molar-refractivity contribution in [2.24, 2.45) is 0 Å². The summed E-state index contributed by atoms with van der Waals surface area (Å²) in [5, 5.41) is 8.49. The molecule has 1 rings (SSSR count). The predicted molar refractivity (Wildman–Crippen MR) is 77.7 cm³/mol. The molecule has 0 aromatic heterocycles. The van der Waals surface area contributed by atoms with E-state index in [0.29, 0.717) is 26.1 Å². The first-order chi connectivity index (χ1) is 9.52. The minimum Gasteiger partial charge on any atom is -0.481 e. The fraction of sp³-hybridized carbons (Fsp3) is 0.923. The summed E-state index contributed by atoms with van der Waals surface area (Å²) >= 11 is 0. The van der Waals surface area contributed by atoms with Gasteiger partial charge in [-0.1, -0.05) is 25.7 Å². The number of carboxylic acids is 1. The minimum atomic E-state index is -3.32. The summed E-state index contributed by atoms with van der Waals surface area (Å²) in [6.45, 7) is 1.67. The van der Waals surface area contributed by atoms with Crippen LogP contribution in [0.15, 0.2) is 0 Å².